The van der Waals surface area contributed by atoms with Crippen molar-refractivity contribution in [3.8, 4) is 5.75 Å². The molecule has 1 aromatic carbocycles. The number of rotatable bonds is 7. The number of methoxy groups -OCH3 is 1. The highest BCUT2D eigenvalue weighted by molar-refractivity contribution is 7.12. The van der Waals surface area contributed by atoms with Crippen molar-refractivity contribution in [2.24, 2.45) is 5.92 Å². The van der Waals surface area contributed by atoms with Gasteiger partial charge in [0.05, 0.1) is 17.7 Å². The van der Waals surface area contributed by atoms with Gasteiger partial charge in [0.1, 0.15) is 11.8 Å². The number of thiophene rings is 1. The van der Waals surface area contributed by atoms with E-state index < -0.39 is 6.04 Å². The van der Waals surface area contributed by atoms with Gasteiger partial charge in [-0.15, -0.1) is 11.3 Å². The molecule has 3 rings (SSSR count). The predicted octanol–water partition coefficient (Wildman–Crippen LogP) is 3.67. The lowest BCUT2D eigenvalue weighted by atomic mass is 10.0. The zero-order chi connectivity index (χ0) is 21.7. The van der Waals surface area contributed by atoms with E-state index in [0.29, 0.717) is 35.0 Å². The van der Waals surface area contributed by atoms with Crippen molar-refractivity contribution in [2.75, 3.05) is 23.9 Å². The molecular formula is C22H27N3O4S. The summed E-state index contributed by atoms with van der Waals surface area (Å²) in [6.07, 6.45) is 2.31. The van der Waals surface area contributed by atoms with Gasteiger partial charge in [0.25, 0.3) is 5.91 Å². The van der Waals surface area contributed by atoms with Gasteiger partial charge in [-0.2, -0.15) is 0 Å². The highest BCUT2D eigenvalue weighted by atomic mass is 32.1. The average Bonchev–Trinajstić information content (AvgIpc) is 3.27. The Hall–Kier alpha value is -2.87. The van der Waals surface area contributed by atoms with E-state index in [1.165, 1.54) is 11.3 Å². The quantitative estimate of drug-likeness (QED) is 0.703. The van der Waals surface area contributed by atoms with Crippen LogP contribution in [0.4, 0.5) is 11.4 Å². The number of piperidine rings is 1. The lowest BCUT2D eigenvalue weighted by Gasteiger charge is -2.28. The van der Waals surface area contributed by atoms with Crippen molar-refractivity contribution < 1.29 is 19.1 Å². The molecular weight excluding hydrogens is 402 g/mol. The molecule has 0 bridgehead atoms. The predicted molar refractivity (Wildman–Crippen MR) is 118 cm³/mol. The summed E-state index contributed by atoms with van der Waals surface area (Å²) >= 11 is 1.33. The Morgan fingerprint density at radius 3 is 2.63 bits per heavy atom. The normalized spacial score (nSPS) is 15.1. The fraction of sp³-hybridized carbons (Fsp3) is 0.409. The summed E-state index contributed by atoms with van der Waals surface area (Å²) in [4.78, 5) is 40.0. The van der Waals surface area contributed by atoms with Crippen molar-refractivity contribution in [3.05, 3.63) is 40.6 Å². The smallest absolute Gasteiger partial charge is 0.262 e. The zero-order valence-electron chi connectivity index (χ0n) is 17.4. The Morgan fingerprint density at radius 1 is 1.20 bits per heavy atom. The Labute approximate surface area is 180 Å². The van der Waals surface area contributed by atoms with Crippen molar-refractivity contribution in [1.82, 2.24) is 5.32 Å². The molecule has 2 aromatic rings. The summed E-state index contributed by atoms with van der Waals surface area (Å²) in [7, 11) is 1.56. The molecule has 0 radical (unpaired) electrons. The number of nitrogens with one attached hydrogen (secondary N) is 2. The van der Waals surface area contributed by atoms with Crippen molar-refractivity contribution >= 4 is 40.4 Å². The Kier molecular flexibility index (Phi) is 7.10. The summed E-state index contributed by atoms with van der Waals surface area (Å²) < 4.78 is 5.42. The van der Waals surface area contributed by atoms with Crippen LogP contribution in [0.5, 0.6) is 5.75 Å². The molecule has 0 aliphatic carbocycles. The van der Waals surface area contributed by atoms with Gasteiger partial charge in [-0.3, -0.25) is 14.4 Å². The molecule has 8 heteroatoms. The summed E-state index contributed by atoms with van der Waals surface area (Å²) in [5.74, 6) is -0.0552. The summed E-state index contributed by atoms with van der Waals surface area (Å²) in [6, 6.07) is 8.04. The number of anilines is 2. The molecule has 2 N–H and O–H groups in total. The number of hydrogen-bond acceptors (Lipinski definition) is 5. The zero-order valence-corrected chi connectivity index (χ0v) is 18.3. The molecule has 1 fully saturated rings. The Morgan fingerprint density at radius 2 is 2.00 bits per heavy atom. The van der Waals surface area contributed by atoms with Crippen molar-refractivity contribution in [2.45, 2.75) is 39.2 Å². The number of amides is 3. The molecule has 1 aromatic heterocycles. The molecule has 1 saturated heterocycles. The monoisotopic (exact) mass is 429 g/mol. The topological polar surface area (TPSA) is 87.7 Å². The molecule has 160 valence electrons. The number of hydrogen-bond donors (Lipinski definition) is 2. The van der Waals surface area contributed by atoms with E-state index in [2.05, 4.69) is 10.6 Å². The highest BCUT2D eigenvalue weighted by Gasteiger charge is 2.27. The van der Waals surface area contributed by atoms with Crippen LogP contribution >= 0.6 is 11.3 Å². The number of carbonyl (C=O) groups is 3. The van der Waals surface area contributed by atoms with Crippen LogP contribution in [-0.4, -0.2) is 37.4 Å². The molecule has 1 atom stereocenters. The van der Waals surface area contributed by atoms with Gasteiger partial charge in [0, 0.05) is 18.7 Å². The molecule has 1 unspecified atom stereocenters. The fourth-order valence-electron chi connectivity index (χ4n) is 3.41. The molecule has 2 heterocycles. The maximum absolute atomic E-state index is 12.9. The van der Waals surface area contributed by atoms with Gasteiger partial charge in [-0.05, 0) is 48.4 Å². The molecule has 3 amide bonds. The van der Waals surface area contributed by atoms with Crippen LogP contribution < -0.4 is 20.3 Å². The maximum atomic E-state index is 12.9. The van der Waals surface area contributed by atoms with E-state index in [0.717, 1.165) is 12.8 Å². The van der Waals surface area contributed by atoms with E-state index in [1.54, 1.807) is 42.3 Å². The van der Waals surface area contributed by atoms with E-state index >= 15 is 0 Å². The summed E-state index contributed by atoms with van der Waals surface area (Å²) in [5.41, 5.74) is 1.19. The third kappa shape index (κ3) is 4.99. The van der Waals surface area contributed by atoms with Crippen LogP contribution in [0.15, 0.2) is 35.7 Å². The van der Waals surface area contributed by atoms with Gasteiger partial charge in [0.2, 0.25) is 11.8 Å². The largest absolute Gasteiger partial charge is 0.495 e. The van der Waals surface area contributed by atoms with Gasteiger partial charge in [-0.25, -0.2) is 0 Å². The number of nitrogens with zero attached hydrogens (tertiary/aromatic N) is 1. The standard InChI is InChI=1S/C22H27N3O4S/c1-14(2)20(24-21(27)18-7-6-12-30-18)22(28)23-15-9-10-17(29-3)16(13-15)25-11-5-4-8-19(25)26/h6-7,9-10,12-14,20H,4-5,8,11H2,1-3H3,(H,23,28)(H,24,27). The third-order valence-electron chi connectivity index (χ3n) is 5.04. The summed E-state index contributed by atoms with van der Waals surface area (Å²) in [5, 5.41) is 7.51. The third-order valence-corrected chi connectivity index (χ3v) is 5.91. The van der Waals surface area contributed by atoms with Gasteiger partial charge >= 0.3 is 0 Å². The minimum Gasteiger partial charge on any atom is -0.495 e. The second kappa shape index (κ2) is 9.75. The number of carbonyl (C=O) groups excluding carboxylic acids is 3. The minimum absolute atomic E-state index is 0.0475. The van der Waals surface area contributed by atoms with E-state index in [9.17, 15) is 14.4 Å². The SMILES string of the molecule is COc1ccc(NC(=O)C(NC(=O)c2cccs2)C(C)C)cc1N1CCCCC1=O. The van der Waals surface area contributed by atoms with Crippen LogP contribution in [-0.2, 0) is 9.59 Å². The van der Waals surface area contributed by atoms with Gasteiger partial charge in [-0.1, -0.05) is 19.9 Å². The maximum Gasteiger partial charge on any atom is 0.262 e. The first kappa shape index (κ1) is 21.8. The Bertz CT molecular complexity index is 911. The molecule has 1 aliphatic rings. The average molecular weight is 430 g/mol. The fourth-order valence-corrected chi connectivity index (χ4v) is 4.04. The molecule has 7 nitrogen and oxygen atoms in total. The molecule has 1 aliphatic heterocycles. The van der Waals surface area contributed by atoms with Crippen LogP contribution in [0.2, 0.25) is 0 Å². The Balaban J connectivity index is 1.78. The second-order valence-corrected chi connectivity index (χ2v) is 8.50. The van der Waals surface area contributed by atoms with Crippen LogP contribution in [0.25, 0.3) is 0 Å². The summed E-state index contributed by atoms with van der Waals surface area (Å²) in [6.45, 7) is 4.38. The number of ether oxygens (including phenoxy) is 1. The first-order valence-electron chi connectivity index (χ1n) is 10.0. The van der Waals surface area contributed by atoms with E-state index in [1.807, 2.05) is 19.2 Å². The first-order chi connectivity index (χ1) is 14.4. The van der Waals surface area contributed by atoms with Crippen LogP contribution in [0.3, 0.4) is 0 Å². The molecule has 30 heavy (non-hydrogen) atoms. The lowest BCUT2D eigenvalue weighted by Crippen LogP contribution is -2.47. The second-order valence-electron chi connectivity index (χ2n) is 7.55. The number of benzene rings is 1. The minimum atomic E-state index is -0.693. The van der Waals surface area contributed by atoms with Crippen LogP contribution in [0.1, 0.15) is 42.8 Å². The van der Waals surface area contributed by atoms with E-state index in [-0.39, 0.29) is 23.6 Å². The molecule has 0 saturated carbocycles. The lowest BCUT2D eigenvalue weighted by molar-refractivity contribution is -0.120. The van der Waals surface area contributed by atoms with Crippen LogP contribution in [0, 0.1) is 5.92 Å². The first-order valence-corrected chi connectivity index (χ1v) is 10.9. The molecule has 0 spiro atoms. The van der Waals surface area contributed by atoms with Crippen molar-refractivity contribution in [1.29, 1.82) is 0 Å². The van der Waals surface area contributed by atoms with Crippen molar-refractivity contribution in [3.63, 3.8) is 0 Å². The van der Waals surface area contributed by atoms with Gasteiger partial charge < -0.3 is 20.3 Å². The van der Waals surface area contributed by atoms with E-state index in [4.69, 9.17) is 4.74 Å². The van der Waals surface area contributed by atoms with Gasteiger partial charge in [0.15, 0.2) is 0 Å². The highest BCUT2D eigenvalue weighted by Crippen LogP contribution is 2.33.